The minimum Gasteiger partial charge on any atom is -0.274 e. The van der Waals surface area contributed by atoms with Crippen LogP contribution in [-0.4, -0.2) is 16.8 Å². The largest absolute Gasteiger partial charge is 0.274 e. The first-order chi connectivity index (χ1) is 10.5. The van der Waals surface area contributed by atoms with E-state index in [2.05, 4.69) is 31.0 Å². The van der Waals surface area contributed by atoms with Crippen LogP contribution in [0.4, 0.5) is 5.82 Å². The number of rotatable bonds is 1. The standard InChI is InChI=1S/C17H15ClN2O2/c1-8(2)13-10-3-4-11(13)15-14(10)16(21)20(17(15)22)12-7-9(18)5-6-19-12/h3-7,10-11,14-15H,1-2H3/t10-,11-,14-,15+/m1/s1. The molecular weight excluding hydrogens is 300 g/mol. The number of fused-ring (bicyclic) bond motifs is 5. The molecular formula is C17H15ClN2O2. The highest BCUT2D eigenvalue weighted by Crippen LogP contribution is 2.57. The zero-order chi connectivity index (χ0) is 15.6. The number of halogens is 1. The number of allylic oxidation sites excluding steroid dienone is 4. The SMILES string of the molecule is CC(C)=C1[C@H]2C=C[C@H]1[C@H]1C(=O)N(c3cc(Cl)ccn3)C(=O)[C@H]12. The minimum atomic E-state index is -0.284. The number of pyridine rings is 1. The molecule has 0 unspecified atom stereocenters. The molecule has 2 amide bonds. The van der Waals surface area contributed by atoms with Crippen LogP contribution in [0.5, 0.6) is 0 Å². The van der Waals surface area contributed by atoms with Crippen molar-refractivity contribution in [2.45, 2.75) is 13.8 Å². The van der Waals surface area contributed by atoms with E-state index in [0.29, 0.717) is 10.8 Å². The molecule has 5 heteroatoms. The molecule has 4 atom stereocenters. The van der Waals surface area contributed by atoms with E-state index >= 15 is 0 Å². The van der Waals surface area contributed by atoms with Crippen molar-refractivity contribution in [2.75, 3.05) is 4.90 Å². The Morgan fingerprint density at radius 1 is 1.14 bits per heavy atom. The fourth-order valence-electron chi connectivity index (χ4n) is 4.17. The molecule has 2 fully saturated rings. The van der Waals surface area contributed by atoms with E-state index < -0.39 is 0 Å². The predicted octanol–water partition coefficient (Wildman–Crippen LogP) is 2.99. The fourth-order valence-corrected chi connectivity index (χ4v) is 4.33. The Hall–Kier alpha value is -1.94. The summed E-state index contributed by atoms with van der Waals surface area (Å²) in [5.41, 5.74) is 2.46. The van der Waals surface area contributed by atoms with Crippen molar-refractivity contribution in [3.63, 3.8) is 0 Å². The molecule has 2 heterocycles. The van der Waals surface area contributed by atoms with Crippen LogP contribution in [0.2, 0.25) is 5.02 Å². The second-order valence-corrected chi connectivity index (χ2v) is 6.72. The number of hydrogen-bond donors (Lipinski definition) is 0. The molecule has 1 saturated carbocycles. The van der Waals surface area contributed by atoms with Crippen molar-refractivity contribution < 1.29 is 9.59 Å². The topological polar surface area (TPSA) is 50.3 Å². The average molecular weight is 315 g/mol. The van der Waals surface area contributed by atoms with Gasteiger partial charge in [0, 0.05) is 29.1 Å². The van der Waals surface area contributed by atoms with Crippen molar-refractivity contribution in [1.82, 2.24) is 4.98 Å². The van der Waals surface area contributed by atoms with E-state index in [1.54, 1.807) is 12.1 Å². The number of anilines is 1. The Morgan fingerprint density at radius 2 is 1.73 bits per heavy atom. The number of imide groups is 1. The molecule has 1 aliphatic heterocycles. The smallest absolute Gasteiger partial charge is 0.239 e. The van der Waals surface area contributed by atoms with Gasteiger partial charge in [-0.15, -0.1) is 0 Å². The number of nitrogens with zero attached hydrogens (tertiary/aromatic N) is 2. The van der Waals surface area contributed by atoms with Gasteiger partial charge in [0.15, 0.2) is 0 Å². The van der Waals surface area contributed by atoms with Gasteiger partial charge in [-0.2, -0.15) is 0 Å². The van der Waals surface area contributed by atoms with Gasteiger partial charge in [0.1, 0.15) is 5.82 Å². The van der Waals surface area contributed by atoms with Gasteiger partial charge >= 0.3 is 0 Å². The first-order valence-corrected chi connectivity index (χ1v) is 7.73. The average Bonchev–Trinajstić information content (AvgIpc) is 3.09. The number of amides is 2. The summed E-state index contributed by atoms with van der Waals surface area (Å²) < 4.78 is 0. The summed E-state index contributed by atoms with van der Waals surface area (Å²) in [5.74, 6) is -0.432. The highest BCUT2D eigenvalue weighted by molar-refractivity contribution is 6.31. The number of hydrogen-bond acceptors (Lipinski definition) is 3. The monoisotopic (exact) mass is 314 g/mol. The fraction of sp³-hybridized carbons (Fsp3) is 0.353. The third kappa shape index (κ3) is 1.61. The summed E-state index contributed by atoms with van der Waals surface area (Å²) in [5, 5.41) is 0.466. The van der Waals surface area contributed by atoms with Crippen molar-refractivity contribution in [2.24, 2.45) is 23.7 Å². The summed E-state index contributed by atoms with van der Waals surface area (Å²) >= 11 is 5.96. The second kappa shape index (κ2) is 4.53. The molecule has 3 aliphatic rings. The van der Waals surface area contributed by atoms with Crippen LogP contribution in [0.25, 0.3) is 0 Å². The molecule has 4 rings (SSSR count). The van der Waals surface area contributed by atoms with Gasteiger partial charge in [-0.3, -0.25) is 9.59 Å². The molecule has 22 heavy (non-hydrogen) atoms. The summed E-state index contributed by atoms with van der Waals surface area (Å²) in [6, 6.07) is 3.19. The Balaban J connectivity index is 1.78. The molecule has 0 aromatic carbocycles. The summed E-state index contributed by atoms with van der Waals surface area (Å²) in [6.45, 7) is 4.10. The zero-order valence-corrected chi connectivity index (χ0v) is 13.0. The molecule has 1 saturated heterocycles. The van der Waals surface area contributed by atoms with E-state index in [0.717, 1.165) is 0 Å². The number of carbonyl (C=O) groups is 2. The van der Waals surface area contributed by atoms with Crippen LogP contribution in [-0.2, 0) is 9.59 Å². The Labute approximate surface area is 133 Å². The Bertz CT molecular complexity index is 730. The minimum absolute atomic E-state index is 0.0561. The molecule has 0 spiro atoms. The highest BCUT2D eigenvalue weighted by Gasteiger charge is 2.62. The molecule has 1 aromatic heterocycles. The van der Waals surface area contributed by atoms with Gasteiger partial charge in [-0.1, -0.05) is 34.9 Å². The number of carbonyl (C=O) groups excluding carboxylic acids is 2. The lowest BCUT2D eigenvalue weighted by atomic mass is 9.85. The third-order valence-electron chi connectivity index (χ3n) is 4.93. The van der Waals surface area contributed by atoms with Crippen LogP contribution in [0.1, 0.15) is 13.8 Å². The van der Waals surface area contributed by atoms with Crippen molar-refractivity contribution >= 4 is 29.2 Å². The van der Waals surface area contributed by atoms with Crippen molar-refractivity contribution in [3.8, 4) is 0 Å². The lowest BCUT2D eigenvalue weighted by Crippen LogP contribution is -2.33. The lowest BCUT2D eigenvalue weighted by molar-refractivity contribution is -0.123. The predicted molar refractivity (Wildman–Crippen MR) is 83.2 cm³/mol. The summed E-state index contributed by atoms with van der Waals surface area (Å²) in [4.78, 5) is 31.0. The molecule has 2 aliphatic carbocycles. The van der Waals surface area contributed by atoms with Gasteiger partial charge in [0.25, 0.3) is 0 Å². The van der Waals surface area contributed by atoms with Crippen LogP contribution in [0, 0.1) is 23.7 Å². The summed E-state index contributed by atoms with van der Waals surface area (Å²) in [6.07, 6.45) is 5.67. The molecule has 2 bridgehead atoms. The van der Waals surface area contributed by atoms with Gasteiger partial charge in [-0.25, -0.2) is 9.88 Å². The van der Waals surface area contributed by atoms with E-state index in [1.807, 2.05) is 0 Å². The molecule has 112 valence electrons. The first kappa shape index (κ1) is 13.7. The quantitative estimate of drug-likeness (QED) is 0.591. The second-order valence-electron chi connectivity index (χ2n) is 6.29. The molecule has 1 aromatic rings. The molecule has 0 radical (unpaired) electrons. The van der Waals surface area contributed by atoms with Crippen LogP contribution >= 0.6 is 11.6 Å². The Kier molecular flexibility index (Phi) is 2.82. The number of aromatic nitrogens is 1. The third-order valence-corrected chi connectivity index (χ3v) is 5.16. The van der Waals surface area contributed by atoms with Crippen LogP contribution in [0.3, 0.4) is 0 Å². The van der Waals surface area contributed by atoms with Crippen molar-refractivity contribution in [3.05, 3.63) is 46.7 Å². The van der Waals surface area contributed by atoms with E-state index in [4.69, 9.17) is 11.6 Å². The Morgan fingerprint density at radius 3 is 2.23 bits per heavy atom. The maximum atomic E-state index is 12.8. The van der Waals surface area contributed by atoms with E-state index in [1.165, 1.54) is 22.2 Å². The zero-order valence-electron chi connectivity index (χ0n) is 12.3. The van der Waals surface area contributed by atoms with Crippen LogP contribution in [0.15, 0.2) is 41.6 Å². The molecule has 4 nitrogen and oxygen atoms in total. The maximum Gasteiger partial charge on any atom is 0.239 e. The molecule has 0 N–H and O–H groups in total. The summed E-state index contributed by atoms with van der Waals surface area (Å²) in [7, 11) is 0. The maximum absolute atomic E-state index is 12.8. The van der Waals surface area contributed by atoms with Gasteiger partial charge in [-0.05, 0) is 19.9 Å². The van der Waals surface area contributed by atoms with E-state index in [-0.39, 0.29) is 35.5 Å². The normalized spacial score (nSPS) is 32.1. The highest BCUT2D eigenvalue weighted by atomic mass is 35.5. The van der Waals surface area contributed by atoms with Crippen LogP contribution < -0.4 is 4.90 Å². The van der Waals surface area contributed by atoms with Crippen molar-refractivity contribution in [1.29, 1.82) is 0 Å². The lowest BCUT2D eigenvalue weighted by Gasteiger charge is -2.18. The first-order valence-electron chi connectivity index (χ1n) is 7.35. The van der Waals surface area contributed by atoms with Gasteiger partial charge < -0.3 is 0 Å². The van der Waals surface area contributed by atoms with Gasteiger partial charge in [0.2, 0.25) is 11.8 Å². The van der Waals surface area contributed by atoms with Gasteiger partial charge in [0.05, 0.1) is 11.8 Å². The van der Waals surface area contributed by atoms with E-state index in [9.17, 15) is 9.59 Å².